The SMILES string of the molecule is CCCCCCCCCCCCOc1cc(C(=O)NCC(=O)NCCCCCCO)cc(OCCCCCCCCCCCC)c1OCCCCCCCCCCCC. The lowest BCUT2D eigenvalue weighted by Crippen LogP contribution is -2.37. The molecule has 2 amide bonds. The maximum atomic E-state index is 13.5. The van der Waals surface area contributed by atoms with Gasteiger partial charge in [-0.1, -0.05) is 207 Å². The maximum Gasteiger partial charge on any atom is 0.251 e. The third kappa shape index (κ3) is 32.9. The van der Waals surface area contributed by atoms with E-state index >= 15 is 0 Å². The molecular weight excluding hydrogens is 737 g/mol. The molecule has 0 bridgehead atoms. The van der Waals surface area contributed by atoms with Gasteiger partial charge in [0.15, 0.2) is 11.5 Å². The van der Waals surface area contributed by atoms with Crippen molar-refractivity contribution in [3.8, 4) is 17.2 Å². The number of carbonyl (C=O) groups is 2. The summed E-state index contributed by atoms with van der Waals surface area (Å²) >= 11 is 0. The Morgan fingerprint density at radius 2 is 0.780 bits per heavy atom. The Labute approximate surface area is 363 Å². The van der Waals surface area contributed by atoms with E-state index in [0.717, 1.165) is 64.2 Å². The zero-order chi connectivity index (χ0) is 42.7. The molecule has 8 heteroatoms. The van der Waals surface area contributed by atoms with Crippen molar-refractivity contribution in [2.75, 3.05) is 39.5 Å². The fraction of sp³-hybridized carbons (Fsp3) is 0.843. The monoisotopic (exact) mass is 831 g/mol. The molecule has 0 saturated heterocycles. The first kappa shape index (κ1) is 54.5. The van der Waals surface area contributed by atoms with Crippen molar-refractivity contribution in [2.45, 2.75) is 239 Å². The topological polar surface area (TPSA) is 106 Å². The van der Waals surface area contributed by atoms with E-state index in [1.807, 2.05) is 0 Å². The van der Waals surface area contributed by atoms with Crippen LogP contribution in [0, 0.1) is 0 Å². The molecule has 344 valence electrons. The van der Waals surface area contributed by atoms with Gasteiger partial charge in [-0.05, 0) is 44.2 Å². The standard InChI is InChI=1S/C51H94N2O6/c1-4-7-10-13-16-19-22-25-30-35-40-57-47-43-46(51(56)53-45-49(55)52-38-33-28-29-34-39-54)44-48(58-41-36-31-26-23-20-17-14-11-8-5-2)50(47)59-42-37-32-27-24-21-18-15-12-9-6-3/h43-44,54H,4-42,45H2,1-3H3,(H,52,55)(H,53,56). The van der Waals surface area contributed by atoms with Crippen LogP contribution in [-0.2, 0) is 4.79 Å². The average Bonchev–Trinajstić information content (AvgIpc) is 3.24. The van der Waals surface area contributed by atoms with Crippen molar-refractivity contribution >= 4 is 11.8 Å². The molecule has 0 unspecified atom stereocenters. The number of benzene rings is 1. The summed E-state index contributed by atoms with van der Waals surface area (Å²) in [5.41, 5.74) is 0.407. The molecular formula is C51H94N2O6. The third-order valence-electron chi connectivity index (χ3n) is 11.4. The summed E-state index contributed by atoms with van der Waals surface area (Å²) in [4.78, 5) is 26.1. The van der Waals surface area contributed by atoms with Crippen molar-refractivity contribution in [3.05, 3.63) is 17.7 Å². The lowest BCUT2D eigenvalue weighted by molar-refractivity contribution is -0.120. The van der Waals surface area contributed by atoms with Crippen molar-refractivity contribution in [1.29, 1.82) is 0 Å². The molecule has 0 spiro atoms. The second-order valence-electron chi connectivity index (χ2n) is 17.1. The Hall–Kier alpha value is -2.48. The Balaban J connectivity index is 2.93. The van der Waals surface area contributed by atoms with E-state index in [4.69, 9.17) is 19.3 Å². The zero-order valence-corrected chi connectivity index (χ0v) is 38.9. The smallest absolute Gasteiger partial charge is 0.251 e. The van der Waals surface area contributed by atoms with E-state index in [9.17, 15) is 9.59 Å². The number of amides is 2. The second-order valence-corrected chi connectivity index (χ2v) is 17.1. The molecule has 1 aromatic carbocycles. The number of carbonyl (C=O) groups excluding carboxylic acids is 2. The molecule has 0 saturated carbocycles. The van der Waals surface area contributed by atoms with Crippen LogP contribution in [0.1, 0.15) is 249 Å². The molecule has 0 fully saturated rings. The fourth-order valence-corrected chi connectivity index (χ4v) is 7.51. The third-order valence-corrected chi connectivity index (χ3v) is 11.4. The van der Waals surface area contributed by atoms with Crippen molar-refractivity contribution in [2.24, 2.45) is 0 Å². The summed E-state index contributed by atoms with van der Waals surface area (Å²) < 4.78 is 19.4. The number of rotatable bonds is 45. The van der Waals surface area contributed by atoms with Gasteiger partial charge in [0, 0.05) is 18.7 Å². The maximum absolute atomic E-state index is 13.5. The Morgan fingerprint density at radius 3 is 1.17 bits per heavy atom. The van der Waals surface area contributed by atoms with Gasteiger partial charge in [0.05, 0.1) is 26.4 Å². The van der Waals surface area contributed by atoms with Crippen molar-refractivity contribution in [3.63, 3.8) is 0 Å². The summed E-state index contributed by atoms with van der Waals surface area (Å²) in [6, 6.07) is 3.54. The van der Waals surface area contributed by atoms with Gasteiger partial charge in [0.1, 0.15) is 0 Å². The van der Waals surface area contributed by atoms with Crippen LogP contribution in [-0.4, -0.2) is 56.4 Å². The van der Waals surface area contributed by atoms with E-state index < -0.39 is 0 Å². The molecule has 0 radical (unpaired) electrons. The second kappa shape index (κ2) is 42.2. The summed E-state index contributed by atoms with van der Waals surface area (Å²) in [5.74, 6) is 1.14. The van der Waals surface area contributed by atoms with Gasteiger partial charge >= 0.3 is 0 Å². The van der Waals surface area contributed by atoms with Crippen LogP contribution in [0.4, 0.5) is 0 Å². The predicted octanol–water partition coefficient (Wildman–Crippen LogP) is 14.0. The van der Waals surface area contributed by atoms with E-state index in [-0.39, 0.29) is 25.0 Å². The highest BCUT2D eigenvalue weighted by molar-refractivity contribution is 5.97. The molecule has 8 nitrogen and oxygen atoms in total. The molecule has 3 N–H and O–H groups in total. The first-order valence-corrected chi connectivity index (χ1v) is 25.3. The van der Waals surface area contributed by atoms with Gasteiger partial charge in [0.2, 0.25) is 11.7 Å². The zero-order valence-electron chi connectivity index (χ0n) is 38.9. The van der Waals surface area contributed by atoms with Crippen LogP contribution in [0.2, 0.25) is 0 Å². The Bertz CT molecular complexity index is 1050. The van der Waals surface area contributed by atoms with E-state index in [0.29, 0.717) is 49.2 Å². The van der Waals surface area contributed by atoms with Crippen LogP contribution < -0.4 is 24.8 Å². The molecule has 0 heterocycles. The number of aliphatic hydroxyl groups is 1. The first-order valence-electron chi connectivity index (χ1n) is 25.3. The highest BCUT2D eigenvalue weighted by Crippen LogP contribution is 2.40. The molecule has 0 atom stereocenters. The molecule has 0 aliphatic rings. The predicted molar refractivity (Wildman–Crippen MR) is 249 cm³/mol. The van der Waals surface area contributed by atoms with E-state index in [1.54, 1.807) is 12.1 Å². The van der Waals surface area contributed by atoms with Gasteiger partial charge in [-0.15, -0.1) is 0 Å². The van der Waals surface area contributed by atoms with Gasteiger partial charge < -0.3 is 30.0 Å². The van der Waals surface area contributed by atoms with Gasteiger partial charge in [0.25, 0.3) is 5.91 Å². The number of unbranched alkanes of at least 4 members (excludes halogenated alkanes) is 30. The average molecular weight is 831 g/mol. The minimum atomic E-state index is -0.336. The van der Waals surface area contributed by atoms with Crippen molar-refractivity contribution < 1.29 is 28.9 Å². The van der Waals surface area contributed by atoms with Gasteiger partial charge in [-0.25, -0.2) is 0 Å². The van der Waals surface area contributed by atoms with E-state index in [2.05, 4.69) is 31.4 Å². The van der Waals surface area contributed by atoms with Crippen LogP contribution >= 0.6 is 0 Å². The Kier molecular flexibility index (Phi) is 39.0. The van der Waals surface area contributed by atoms with Crippen LogP contribution in [0.15, 0.2) is 12.1 Å². The largest absolute Gasteiger partial charge is 0.490 e. The van der Waals surface area contributed by atoms with E-state index in [1.165, 1.54) is 154 Å². The van der Waals surface area contributed by atoms with Crippen molar-refractivity contribution in [1.82, 2.24) is 10.6 Å². The molecule has 0 aliphatic carbocycles. The van der Waals surface area contributed by atoms with Crippen LogP contribution in [0.5, 0.6) is 17.2 Å². The van der Waals surface area contributed by atoms with Crippen LogP contribution in [0.3, 0.4) is 0 Å². The number of aliphatic hydroxyl groups excluding tert-OH is 1. The molecule has 0 aliphatic heterocycles. The normalized spacial score (nSPS) is 11.2. The molecule has 59 heavy (non-hydrogen) atoms. The highest BCUT2D eigenvalue weighted by Gasteiger charge is 2.20. The lowest BCUT2D eigenvalue weighted by atomic mass is 10.1. The summed E-state index contributed by atoms with van der Waals surface area (Å²) in [5, 5.41) is 14.7. The molecule has 1 aromatic rings. The summed E-state index contributed by atoms with van der Waals surface area (Å²) in [6.07, 6.45) is 41.2. The fourth-order valence-electron chi connectivity index (χ4n) is 7.51. The summed E-state index contributed by atoms with van der Waals surface area (Å²) in [6.45, 7) is 9.13. The van der Waals surface area contributed by atoms with Gasteiger partial charge in [-0.3, -0.25) is 9.59 Å². The molecule has 1 rings (SSSR count). The Morgan fingerprint density at radius 1 is 0.441 bits per heavy atom. The minimum absolute atomic E-state index is 0.101. The number of hydrogen-bond donors (Lipinski definition) is 3. The minimum Gasteiger partial charge on any atom is -0.490 e. The number of hydrogen-bond acceptors (Lipinski definition) is 6. The van der Waals surface area contributed by atoms with Gasteiger partial charge in [-0.2, -0.15) is 0 Å². The first-order chi connectivity index (χ1) is 29.1. The number of ether oxygens (including phenoxy) is 3. The summed E-state index contributed by atoms with van der Waals surface area (Å²) in [7, 11) is 0. The van der Waals surface area contributed by atoms with Crippen LogP contribution in [0.25, 0.3) is 0 Å². The quantitative estimate of drug-likeness (QED) is 0.0565. The number of nitrogens with one attached hydrogen (secondary N) is 2. The highest BCUT2D eigenvalue weighted by atomic mass is 16.5. The molecule has 0 aromatic heterocycles. The lowest BCUT2D eigenvalue weighted by Gasteiger charge is -2.19.